The first-order chi connectivity index (χ1) is 20.3. The number of para-hydroxylation sites is 1. The fourth-order valence-corrected chi connectivity index (χ4v) is 6.37. The molecule has 5 aromatic carbocycles. The van der Waals surface area contributed by atoms with Gasteiger partial charge >= 0.3 is 0 Å². The maximum atomic E-state index is 2.50. The van der Waals surface area contributed by atoms with E-state index in [-0.39, 0.29) is 0 Å². The van der Waals surface area contributed by atoms with E-state index in [2.05, 4.69) is 163 Å². The molecule has 2 heteroatoms. The van der Waals surface area contributed by atoms with Gasteiger partial charge in [0, 0.05) is 53.2 Å². The van der Waals surface area contributed by atoms with Crippen molar-refractivity contribution in [1.29, 1.82) is 0 Å². The van der Waals surface area contributed by atoms with Gasteiger partial charge in [0.05, 0.1) is 0 Å². The number of allylic oxidation sites excluding steroid dienone is 5. The van der Waals surface area contributed by atoms with Gasteiger partial charge in [0.1, 0.15) is 0 Å². The predicted octanol–water partition coefficient (Wildman–Crippen LogP) is 9.85. The van der Waals surface area contributed by atoms with Gasteiger partial charge in [0.15, 0.2) is 0 Å². The molecular weight excluding hydrogens is 496 g/mol. The molecule has 2 aliphatic carbocycles. The van der Waals surface area contributed by atoms with Crippen molar-refractivity contribution < 1.29 is 0 Å². The van der Waals surface area contributed by atoms with Gasteiger partial charge in [-0.1, -0.05) is 115 Å². The molecule has 0 saturated carbocycles. The van der Waals surface area contributed by atoms with E-state index in [0.29, 0.717) is 5.92 Å². The minimum atomic E-state index is 0.368. The lowest BCUT2D eigenvalue weighted by molar-refractivity contribution is 0.650. The highest BCUT2D eigenvalue weighted by Crippen LogP contribution is 2.38. The zero-order valence-electron chi connectivity index (χ0n) is 23.4. The van der Waals surface area contributed by atoms with Gasteiger partial charge in [-0.25, -0.2) is 0 Å². The first-order valence-corrected chi connectivity index (χ1v) is 14.6. The Labute approximate surface area is 242 Å². The van der Waals surface area contributed by atoms with Gasteiger partial charge < -0.3 is 9.80 Å². The third-order valence-corrected chi connectivity index (χ3v) is 8.44. The van der Waals surface area contributed by atoms with Crippen LogP contribution in [0.25, 0.3) is 27.6 Å². The second-order valence-electron chi connectivity index (χ2n) is 11.0. The maximum absolute atomic E-state index is 2.50. The van der Waals surface area contributed by atoms with Crippen molar-refractivity contribution in [3.8, 4) is 0 Å². The number of fused-ring (bicyclic) bond motifs is 4. The first kappa shape index (κ1) is 25.2. The highest BCUT2D eigenvalue weighted by molar-refractivity contribution is 5.97. The van der Waals surface area contributed by atoms with Gasteiger partial charge in [0.25, 0.3) is 0 Å². The minimum Gasteiger partial charge on any atom is -0.344 e. The van der Waals surface area contributed by atoms with Gasteiger partial charge in [-0.3, -0.25) is 0 Å². The minimum absolute atomic E-state index is 0.368. The second kappa shape index (κ2) is 11.0. The van der Waals surface area contributed by atoms with Crippen LogP contribution in [0.15, 0.2) is 145 Å². The van der Waals surface area contributed by atoms with Crippen LogP contribution in [-0.2, 0) is 6.42 Å². The second-order valence-corrected chi connectivity index (χ2v) is 11.0. The highest BCUT2D eigenvalue weighted by Gasteiger charge is 2.21. The Balaban J connectivity index is 1.26. The average molecular weight is 531 g/mol. The third-order valence-electron chi connectivity index (χ3n) is 8.44. The van der Waals surface area contributed by atoms with Crippen molar-refractivity contribution in [3.63, 3.8) is 0 Å². The number of hydrogen-bond acceptors (Lipinski definition) is 2. The Morgan fingerprint density at radius 3 is 2.32 bits per heavy atom. The molecule has 2 nitrogen and oxygen atoms in total. The molecule has 200 valence electrons. The average Bonchev–Trinajstić information content (AvgIpc) is 3.30. The Hall–Kier alpha value is -4.82. The Morgan fingerprint density at radius 1 is 0.683 bits per heavy atom. The number of hydrogen-bond donors (Lipinski definition) is 0. The molecule has 7 rings (SSSR count). The summed E-state index contributed by atoms with van der Waals surface area (Å²) in [6.07, 6.45) is 18.0. The zero-order chi connectivity index (χ0) is 27.6. The molecule has 1 atom stereocenters. The molecule has 0 heterocycles. The summed E-state index contributed by atoms with van der Waals surface area (Å²) in [5.74, 6) is 0.368. The van der Waals surface area contributed by atoms with Gasteiger partial charge in [-0.15, -0.1) is 0 Å². The highest BCUT2D eigenvalue weighted by atomic mass is 15.1. The molecular formula is C39H34N2. The molecule has 0 radical (unpaired) electrons. The smallest absolute Gasteiger partial charge is 0.0490 e. The summed E-state index contributed by atoms with van der Waals surface area (Å²) in [5.41, 5.74) is 7.69. The molecule has 0 aliphatic heterocycles. The van der Waals surface area contributed by atoms with Gasteiger partial charge in [0.2, 0.25) is 0 Å². The lowest BCUT2D eigenvalue weighted by Gasteiger charge is -2.32. The predicted molar refractivity (Wildman–Crippen MR) is 177 cm³/mol. The zero-order valence-corrected chi connectivity index (χ0v) is 23.4. The molecule has 0 aromatic heterocycles. The Morgan fingerprint density at radius 2 is 1.44 bits per heavy atom. The lowest BCUT2D eigenvalue weighted by atomic mass is 9.93. The van der Waals surface area contributed by atoms with Gasteiger partial charge in [-0.2, -0.15) is 0 Å². The SMILES string of the molecule is CN(C1=CC(CN(c2ccccc2)c2cccc3ccccc23)CC=C1)c1cc2ccccc2c2c1C=CC=CC2. The quantitative estimate of drug-likeness (QED) is 0.216. The van der Waals surface area contributed by atoms with E-state index in [0.717, 1.165) is 19.4 Å². The molecule has 0 N–H and O–H groups in total. The molecule has 0 spiro atoms. The van der Waals surface area contributed by atoms with Gasteiger partial charge in [-0.05, 0) is 64.9 Å². The fourth-order valence-electron chi connectivity index (χ4n) is 6.37. The van der Waals surface area contributed by atoms with E-state index in [1.54, 1.807) is 0 Å². The van der Waals surface area contributed by atoms with Crippen molar-refractivity contribution in [1.82, 2.24) is 0 Å². The normalized spacial score (nSPS) is 15.9. The standard InChI is InChI=1S/C39H34N2/c1-40(39-27-31-16-9-10-21-34(31)36-23-6-3-7-24-37(36)39)33-20-12-14-29(26-33)28-41(32-18-4-2-5-19-32)38-25-13-17-30-15-8-11-22-35(30)38/h2-13,15-22,24-27,29H,14,23,28H2,1H3. The van der Waals surface area contributed by atoms with E-state index in [4.69, 9.17) is 0 Å². The van der Waals surface area contributed by atoms with Crippen LogP contribution in [-0.4, -0.2) is 13.6 Å². The van der Waals surface area contributed by atoms with Crippen molar-refractivity contribution in [2.75, 3.05) is 23.4 Å². The topological polar surface area (TPSA) is 6.48 Å². The van der Waals surface area contributed by atoms with E-state index >= 15 is 0 Å². The number of benzene rings is 5. The Bertz CT molecular complexity index is 1840. The summed E-state index contributed by atoms with van der Waals surface area (Å²) in [7, 11) is 2.22. The van der Waals surface area contributed by atoms with Crippen molar-refractivity contribution in [3.05, 3.63) is 156 Å². The summed E-state index contributed by atoms with van der Waals surface area (Å²) < 4.78 is 0. The summed E-state index contributed by atoms with van der Waals surface area (Å²) in [5, 5.41) is 5.19. The van der Waals surface area contributed by atoms with Crippen LogP contribution >= 0.6 is 0 Å². The van der Waals surface area contributed by atoms with Crippen LogP contribution in [0.5, 0.6) is 0 Å². The van der Waals surface area contributed by atoms with Crippen LogP contribution in [0.2, 0.25) is 0 Å². The summed E-state index contributed by atoms with van der Waals surface area (Å²) in [4.78, 5) is 4.88. The number of nitrogens with zero attached hydrogens (tertiary/aromatic N) is 2. The van der Waals surface area contributed by atoms with Crippen LogP contribution in [0.3, 0.4) is 0 Å². The van der Waals surface area contributed by atoms with Crippen molar-refractivity contribution in [2.45, 2.75) is 12.8 Å². The molecule has 0 fully saturated rings. The molecule has 1 unspecified atom stereocenters. The van der Waals surface area contributed by atoms with E-state index < -0.39 is 0 Å². The van der Waals surface area contributed by atoms with Crippen LogP contribution < -0.4 is 9.80 Å². The summed E-state index contributed by atoms with van der Waals surface area (Å²) in [6, 6.07) is 37.3. The maximum Gasteiger partial charge on any atom is 0.0490 e. The van der Waals surface area contributed by atoms with Crippen molar-refractivity contribution >= 4 is 44.7 Å². The number of likely N-dealkylation sites (N-methyl/N-ethyl adjacent to an activating group) is 1. The van der Waals surface area contributed by atoms with E-state index in [1.807, 2.05) is 0 Å². The largest absolute Gasteiger partial charge is 0.344 e. The molecule has 2 aliphatic rings. The molecule has 0 amide bonds. The lowest BCUT2D eigenvalue weighted by Crippen LogP contribution is -2.27. The summed E-state index contributed by atoms with van der Waals surface area (Å²) in [6.45, 7) is 0.902. The molecule has 0 saturated heterocycles. The number of anilines is 3. The molecule has 5 aromatic rings. The fraction of sp³-hybridized carbons (Fsp3) is 0.128. The summed E-state index contributed by atoms with van der Waals surface area (Å²) >= 11 is 0. The Kier molecular flexibility index (Phi) is 6.74. The van der Waals surface area contributed by atoms with Crippen molar-refractivity contribution in [2.24, 2.45) is 5.92 Å². The monoisotopic (exact) mass is 530 g/mol. The number of rotatable bonds is 6. The third kappa shape index (κ3) is 4.87. The van der Waals surface area contributed by atoms with Crippen LogP contribution in [0, 0.1) is 5.92 Å². The van der Waals surface area contributed by atoms with Crippen LogP contribution in [0.4, 0.5) is 17.1 Å². The van der Waals surface area contributed by atoms with E-state index in [1.165, 1.54) is 55.4 Å². The molecule has 41 heavy (non-hydrogen) atoms. The molecule has 0 bridgehead atoms. The van der Waals surface area contributed by atoms with E-state index in [9.17, 15) is 0 Å². The first-order valence-electron chi connectivity index (χ1n) is 14.6. The van der Waals surface area contributed by atoms with Crippen LogP contribution in [0.1, 0.15) is 17.5 Å².